The number of rotatable bonds is 3. The lowest BCUT2D eigenvalue weighted by Crippen LogP contribution is -2.54. The first-order chi connectivity index (χ1) is 8.61. The van der Waals surface area contributed by atoms with Gasteiger partial charge in [-0.1, -0.05) is 19.4 Å². The zero-order valence-corrected chi connectivity index (χ0v) is 10.1. The summed E-state index contributed by atoms with van der Waals surface area (Å²) in [6.45, 7) is 2.00. The highest BCUT2D eigenvalue weighted by Crippen LogP contribution is 2.21. The fourth-order valence-corrected chi connectivity index (χ4v) is 2.10. The summed E-state index contributed by atoms with van der Waals surface area (Å²) in [5.41, 5.74) is 0.271. The molecule has 2 rings (SSSR count). The van der Waals surface area contributed by atoms with Gasteiger partial charge in [-0.15, -0.1) is 0 Å². The van der Waals surface area contributed by atoms with E-state index in [0.29, 0.717) is 0 Å². The van der Waals surface area contributed by atoms with E-state index in [1.54, 1.807) is 6.07 Å². The largest absolute Gasteiger partial charge is 0.334 e. The molecular weight excluding hydrogens is 235 g/mol. The van der Waals surface area contributed by atoms with Crippen LogP contribution in [-0.2, 0) is 4.79 Å². The summed E-state index contributed by atoms with van der Waals surface area (Å²) >= 11 is 0. The second-order valence-corrected chi connectivity index (χ2v) is 4.35. The van der Waals surface area contributed by atoms with Crippen molar-refractivity contribution in [3.8, 4) is 0 Å². The molecule has 0 spiro atoms. The predicted molar refractivity (Wildman–Crippen MR) is 65.7 cm³/mol. The lowest BCUT2D eigenvalue weighted by Gasteiger charge is -2.31. The highest BCUT2D eigenvalue weighted by molar-refractivity contribution is 6.16. The highest BCUT2D eigenvalue weighted by atomic mass is 19.1. The quantitative estimate of drug-likeness (QED) is 0.895. The van der Waals surface area contributed by atoms with Crippen molar-refractivity contribution < 1.29 is 14.0 Å². The van der Waals surface area contributed by atoms with E-state index in [1.807, 2.05) is 6.92 Å². The van der Waals surface area contributed by atoms with Gasteiger partial charge in [0.1, 0.15) is 5.82 Å². The van der Waals surface area contributed by atoms with Gasteiger partial charge < -0.3 is 5.32 Å². The molecule has 4 nitrogen and oxygen atoms in total. The number of amides is 3. The number of anilines is 1. The Bertz CT molecular complexity index is 458. The van der Waals surface area contributed by atoms with Crippen LogP contribution >= 0.6 is 0 Å². The van der Waals surface area contributed by atoms with Gasteiger partial charge in [0.15, 0.2) is 0 Å². The van der Waals surface area contributed by atoms with E-state index in [-0.39, 0.29) is 24.1 Å². The zero-order chi connectivity index (χ0) is 13.1. The minimum atomic E-state index is -0.477. The van der Waals surface area contributed by atoms with Crippen molar-refractivity contribution in [3.63, 3.8) is 0 Å². The van der Waals surface area contributed by atoms with Gasteiger partial charge in [0.05, 0.1) is 5.69 Å². The predicted octanol–water partition coefficient (Wildman–Crippen LogP) is 2.44. The third kappa shape index (κ3) is 2.50. The number of benzene rings is 1. The fraction of sp³-hybridized carbons (Fsp3) is 0.385. The minimum Gasteiger partial charge on any atom is -0.334 e. The van der Waals surface area contributed by atoms with Crippen LogP contribution in [0.2, 0.25) is 0 Å². The molecule has 1 atom stereocenters. The maximum atomic E-state index is 13.1. The van der Waals surface area contributed by atoms with E-state index in [4.69, 9.17) is 0 Å². The van der Waals surface area contributed by atoms with E-state index >= 15 is 0 Å². The average Bonchev–Trinajstić information content (AvgIpc) is 2.28. The van der Waals surface area contributed by atoms with Crippen molar-refractivity contribution in [1.82, 2.24) is 5.32 Å². The van der Waals surface area contributed by atoms with Gasteiger partial charge in [-0.3, -0.25) is 4.79 Å². The maximum Gasteiger partial charge on any atom is 0.328 e. The van der Waals surface area contributed by atoms with Gasteiger partial charge in [-0.05, 0) is 24.6 Å². The first kappa shape index (κ1) is 12.5. The SMILES string of the molecule is CCCC1CC(=O)N(c2cccc(F)c2)C(=O)N1. The molecule has 1 heterocycles. The number of hydrogen-bond acceptors (Lipinski definition) is 2. The van der Waals surface area contributed by atoms with Crippen molar-refractivity contribution in [2.24, 2.45) is 0 Å². The Hall–Kier alpha value is -1.91. The van der Waals surface area contributed by atoms with Crippen molar-refractivity contribution in [2.45, 2.75) is 32.2 Å². The first-order valence-electron chi connectivity index (χ1n) is 6.01. The summed E-state index contributed by atoms with van der Waals surface area (Å²) in [5.74, 6) is -0.758. The monoisotopic (exact) mass is 250 g/mol. The summed E-state index contributed by atoms with van der Waals surface area (Å²) in [7, 11) is 0. The average molecular weight is 250 g/mol. The molecule has 0 radical (unpaired) electrons. The second-order valence-electron chi connectivity index (χ2n) is 4.35. The summed E-state index contributed by atoms with van der Waals surface area (Å²) < 4.78 is 13.1. The molecule has 1 saturated heterocycles. The molecule has 1 aliphatic heterocycles. The smallest absolute Gasteiger partial charge is 0.328 e. The Morgan fingerprint density at radius 2 is 2.22 bits per heavy atom. The van der Waals surface area contributed by atoms with Crippen LogP contribution in [0.3, 0.4) is 0 Å². The molecule has 3 amide bonds. The lowest BCUT2D eigenvalue weighted by atomic mass is 10.1. The van der Waals surface area contributed by atoms with Crippen LogP contribution < -0.4 is 10.2 Å². The molecule has 0 saturated carbocycles. The number of urea groups is 1. The number of carbonyl (C=O) groups excluding carboxylic acids is 2. The summed E-state index contributed by atoms with van der Waals surface area (Å²) in [5, 5.41) is 2.76. The molecule has 18 heavy (non-hydrogen) atoms. The molecule has 1 aliphatic rings. The molecule has 96 valence electrons. The van der Waals surface area contributed by atoms with E-state index in [1.165, 1.54) is 18.2 Å². The van der Waals surface area contributed by atoms with Gasteiger partial charge in [0.2, 0.25) is 5.91 Å². The van der Waals surface area contributed by atoms with Crippen LogP contribution in [0.1, 0.15) is 26.2 Å². The van der Waals surface area contributed by atoms with Crippen molar-refractivity contribution in [1.29, 1.82) is 0 Å². The van der Waals surface area contributed by atoms with Gasteiger partial charge in [-0.2, -0.15) is 0 Å². The van der Waals surface area contributed by atoms with Crippen molar-refractivity contribution >= 4 is 17.6 Å². The Kier molecular flexibility index (Phi) is 3.60. The Balaban J connectivity index is 2.20. The van der Waals surface area contributed by atoms with Gasteiger partial charge in [-0.25, -0.2) is 14.1 Å². The number of halogens is 1. The molecule has 1 fully saturated rings. The molecule has 5 heteroatoms. The van der Waals surface area contributed by atoms with Gasteiger partial charge >= 0.3 is 6.03 Å². The second kappa shape index (κ2) is 5.16. The summed E-state index contributed by atoms with van der Waals surface area (Å²) in [4.78, 5) is 24.8. The molecular formula is C13H15FN2O2. The zero-order valence-electron chi connectivity index (χ0n) is 10.1. The molecule has 0 aliphatic carbocycles. The summed E-state index contributed by atoms with van der Waals surface area (Å²) in [6, 6.07) is 4.88. The normalized spacial score (nSPS) is 19.9. The van der Waals surface area contributed by atoms with E-state index in [0.717, 1.165) is 17.7 Å². The number of imide groups is 1. The van der Waals surface area contributed by atoms with Crippen LogP contribution in [0.15, 0.2) is 24.3 Å². The molecule has 1 N–H and O–H groups in total. The van der Waals surface area contributed by atoms with E-state index < -0.39 is 11.8 Å². The topological polar surface area (TPSA) is 49.4 Å². The van der Waals surface area contributed by atoms with E-state index in [2.05, 4.69) is 5.32 Å². The molecule has 0 aromatic heterocycles. The minimum absolute atomic E-state index is 0.111. The number of nitrogens with zero attached hydrogens (tertiary/aromatic N) is 1. The van der Waals surface area contributed by atoms with Crippen molar-refractivity contribution in [3.05, 3.63) is 30.1 Å². The maximum absolute atomic E-state index is 13.1. The van der Waals surface area contributed by atoms with Crippen LogP contribution in [0.5, 0.6) is 0 Å². The number of carbonyl (C=O) groups is 2. The number of hydrogen-bond donors (Lipinski definition) is 1. The van der Waals surface area contributed by atoms with Crippen LogP contribution in [-0.4, -0.2) is 18.0 Å². The molecule has 0 bridgehead atoms. The third-order valence-electron chi connectivity index (χ3n) is 2.90. The Morgan fingerprint density at radius 1 is 1.44 bits per heavy atom. The molecule has 1 aromatic rings. The van der Waals surface area contributed by atoms with Crippen LogP contribution in [0.25, 0.3) is 0 Å². The standard InChI is InChI=1S/C13H15FN2O2/c1-2-4-10-8-12(17)16(13(18)15-10)11-6-3-5-9(14)7-11/h3,5-7,10H,2,4,8H2,1H3,(H,15,18). The Labute approximate surface area is 105 Å². The summed E-state index contributed by atoms with van der Waals surface area (Å²) in [6.07, 6.45) is 1.93. The third-order valence-corrected chi connectivity index (χ3v) is 2.90. The van der Waals surface area contributed by atoms with Gasteiger partial charge in [0.25, 0.3) is 0 Å². The number of nitrogens with one attached hydrogen (secondary N) is 1. The highest BCUT2D eigenvalue weighted by Gasteiger charge is 2.32. The lowest BCUT2D eigenvalue weighted by molar-refractivity contribution is -0.119. The molecule has 1 unspecified atom stereocenters. The Morgan fingerprint density at radius 3 is 2.83 bits per heavy atom. The van der Waals surface area contributed by atoms with Crippen molar-refractivity contribution in [2.75, 3.05) is 4.90 Å². The van der Waals surface area contributed by atoms with Crippen LogP contribution in [0.4, 0.5) is 14.9 Å². The first-order valence-corrected chi connectivity index (χ1v) is 6.01. The van der Waals surface area contributed by atoms with E-state index in [9.17, 15) is 14.0 Å². The van der Waals surface area contributed by atoms with Gasteiger partial charge in [0, 0.05) is 12.5 Å². The fourth-order valence-electron chi connectivity index (χ4n) is 2.10. The molecule has 1 aromatic carbocycles. The van der Waals surface area contributed by atoms with Crippen LogP contribution in [0, 0.1) is 5.82 Å².